The lowest BCUT2D eigenvalue weighted by atomic mass is 10.0. The number of aromatic nitrogens is 2. The second kappa shape index (κ2) is 10.2. The summed E-state index contributed by atoms with van der Waals surface area (Å²) in [5.74, 6) is -5.25. The first-order valence-corrected chi connectivity index (χ1v) is 10.5. The van der Waals surface area contributed by atoms with Crippen molar-refractivity contribution in [2.75, 3.05) is 6.54 Å². The maximum Gasteiger partial charge on any atom is 0.335 e. The highest BCUT2D eigenvalue weighted by atomic mass is 19.1. The molecular weight excluding hydrogens is 461 g/mol. The molecule has 0 radical (unpaired) electrons. The zero-order valence-electron chi connectivity index (χ0n) is 18.8. The van der Waals surface area contributed by atoms with E-state index in [4.69, 9.17) is 10.2 Å². The molecule has 11 heteroatoms. The highest BCUT2D eigenvalue weighted by molar-refractivity contribution is 5.98. The highest BCUT2D eigenvalue weighted by Crippen LogP contribution is 2.26. The Balaban J connectivity index is 1.98. The van der Waals surface area contributed by atoms with Gasteiger partial charge in [0.25, 0.3) is 11.5 Å². The lowest BCUT2D eigenvalue weighted by Gasteiger charge is -2.15. The van der Waals surface area contributed by atoms with Crippen molar-refractivity contribution in [1.82, 2.24) is 15.1 Å². The summed E-state index contributed by atoms with van der Waals surface area (Å²) in [4.78, 5) is 47.1. The number of nitrogens with zero attached hydrogens (tertiary/aromatic N) is 2. The van der Waals surface area contributed by atoms with Crippen molar-refractivity contribution in [3.05, 3.63) is 81.0 Å². The summed E-state index contributed by atoms with van der Waals surface area (Å²) >= 11 is 0. The van der Waals surface area contributed by atoms with Crippen LogP contribution in [0.3, 0.4) is 0 Å². The molecule has 0 unspecified atom stereocenters. The van der Waals surface area contributed by atoms with E-state index in [1.807, 2.05) is 5.32 Å². The van der Waals surface area contributed by atoms with Gasteiger partial charge in [-0.25, -0.2) is 13.9 Å². The fourth-order valence-electron chi connectivity index (χ4n) is 3.35. The molecule has 0 aliphatic rings. The first-order valence-electron chi connectivity index (χ1n) is 10.5. The van der Waals surface area contributed by atoms with Crippen LogP contribution in [0.2, 0.25) is 0 Å². The van der Waals surface area contributed by atoms with Gasteiger partial charge in [-0.15, -0.1) is 0 Å². The number of carbonyl (C=O) groups is 3. The van der Waals surface area contributed by atoms with Crippen LogP contribution in [0.15, 0.2) is 47.3 Å². The van der Waals surface area contributed by atoms with Gasteiger partial charge in [-0.3, -0.25) is 14.4 Å². The number of hydrogen-bond donors (Lipinski definition) is 4. The molecule has 0 saturated carbocycles. The van der Waals surface area contributed by atoms with Gasteiger partial charge in [0.2, 0.25) is 0 Å². The average molecular weight is 483 g/mol. The minimum Gasteiger partial charge on any atom is -0.505 e. The van der Waals surface area contributed by atoms with Crippen LogP contribution in [0.4, 0.5) is 4.39 Å². The van der Waals surface area contributed by atoms with Gasteiger partial charge in [-0.1, -0.05) is 38.1 Å². The van der Waals surface area contributed by atoms with E-state index in [-0.39, 0.29) is 23.4 Å². The third-order valence-electron chi connectivity index (χ3n) is 5.17. The lowest BCUT2D eigenvalue weighted by Crippen LogP contribution is -2.37. The molecule has 1 heterocycles. The summed E-state index contributed by atoms with van der Waals surface area (Å²) in [6.45, 7) is 2.21. The number of rotatable bonds is 8. The van der Waals surface area contributed by atoms with Gasteiger partial charge < -0.3 is 20.6 Å². The van der Waals surface area contributed by atoms with E-state index < -0.39 is 53.0 Å². The number of hydrogen-bond acceptors (Lipinski definition) is 6. The topological polar surface area (TPSA) is 159 Å². The number of halogens is 1. The van der Waals surface area contributed by atoms with Crippen LogP contribution in [0, 0.1) is 5.82 Å². The highest BCUT2D eigenvalue weighted by Gasteiger charge is 2.25. The maximum absolute atomic E-state index is 14.9. The first kappa shape index (κ1) is 25.1. The van der Waals surface area contributed by atoms with Gasteiger partial charge >= 0.3 is 11.9 Å². The van der Waals surface area contributed by atoms with Crippen molar-refractivity contribution in [1.29, 1.82) is 0 Å². The predicted molar refractivity (Wildman–Crippen MR) is 122 cm³/mol. The van der Waals surface area contributed by atoms with Crippen LogP contribution < -0.4 is 10.9 Å². The largest absolute Gasteiger partial charge is 0.505 e. The van der Waals surface area contributed by atoms with Crippen molar-refractivity contribution >= 4 is 17.8 Å². The van der Waals surface area contributed by atoms with Crippen LogP contribution in [0.1, 0.15) is 51.7 Å². The van der Waals surface area contributed by atoms with E-state index in [1.165, 1.54) is 24.3 Å². The third kappa shape index (κ3) is 5.52. The summed E-state index contributed by atoms with van der Waals surface area (Å²) in [7, 11) is 0. The van der Waals surface area contributed by atoms with Crippen molar-refractivity contribution in [3.8, 4) is 16.9 Å². The Hall–Kier alpha value is -4.54. The Labute approximate surface area is 198 Å². The van der Waals surface area contributed by atoms with E-state index in [0.29, 0.717) is 11.1 Å². The molecule has 0 saturated heterocycles. The van der Waals surface area contributed by atoms with Gasteiger partial charge in [0.05, 0.1) is 12.1 Å². The molecule has 3 rings (SSSR count). The van der Waals surface area contributed by atoms with E-state index in [0.717, 1.165) is 4.68 Å². The minimum atomic E-state index is -1.34. The number of nitrogens with one attached hydrogen (secondary N) is 1. The molecule has 2 aromatic carbocycles. The van der Waals surface area contributed by atoms with E-state index in [9.17, 15) is 28.7 Å². The van der Waals surface area contributed by atoms with Crippen molar-refractivity contribution in [2.45, 2.75) is 26.3 Å². The normalized spacial score (nSPS) is 10.9. The standard InChI is InChI=1S/C24H22FN3O7/c1-12(2)20-21(31)19(22(32)26-10-18(29)30)23(33)28(27-20)11-16-8-7-15(9-17(16)25)13-3-5-14(6-4-13)24(34)35/h3-9,12,31H,10-11H2,1-2H3,(H,26,32)(H,29,30)(H,34,35). The quantitative estimate of drug-likeness (QED) is 0.380. The molecule has 35 heavy (non-hydrogen) atoms. The molecule has 4 N–H and O–H groups in total. The molecular formula is C24H22FN3O7. The Kier molecular flexibility index (Phi) is 7.28. The molecule has 1 aromatic heterocycles. The SMILES string of the molecule is CC(C)c1nn(Cc2ccc(-c3ccc(C(=O)O)cc3)cc2F)c(=O)c(C(=O)NCC(=O)O)c1O. The second-order valence-corrected chi connectivity index (χ2v) is 7.99. The number of benzene rings is 2. The molecule has 3 aromatic rings. The van der Waals surface area contributed by atoms with E-state index in [1.54, 1.807) is 32.0 Å². The van der Waals surface area contributed by atoms with Crippen LogP contribution in [-0.4, -0.2) is 49.5 Å². The summed E-state index contributed by atoms with van der Waals surface area (Å²) in [5, 5.41) is 34.3. The molecule has 0 aliphatic carbocycles. The number of carbonyl (C=O) groups excluding carboxylic acids is 1. The summed E-state index contributed by atoms with van der Waals surface area (Å²) in [6.07, 6.45) is 0. The van der Waals surface area contributed by atoms with Gasteiger partial charge in [0.15, 0.2) is 5.75 Å². The number of carboxylic acid groups (broad SMARTS) is 2. The number of aromatic carboxylic acids is 1. The molecule has 1 amide bonds. The zero-order valence-corrected chi connectivity index (χ0v) is 18.8. The number of amides is 1. The summed E-state index contributed by atoms with van der Waals surface area (Å²) < 4.78 is 15.8. The summed E-state index contributed by atoms with van der Waals surface area (Å²) in [6, 6.07) is 10.1. The Morgan fingerprint density at radius 1 is 1.06 bits per heavy atom. The maximum atomic E-state index is 14.9. The third-order valence-corrected chi connectivity index (χ3v) is 5.17. The smallest absolute Gasteiger partial charge is 0.335 e. The monoisotopic (exact) mass is 483 g/mol. The second-order valence-electron chi connectivity index (χ2n) is 7.99. The molecule has 0 fully saturated rings. The number of aromatic hydroxyl groups is 1. The first-order chi connectivity index (χ1) is 16.5. The van der Waals surface area contributed by atoms with Gasteiger partial charge in [0, 0.05) is 11.5 Å². The van der Waals surface area contributed by atoms with Crippen molar-refractivity contribution in [2.24, 2.45) is 0 Å². The molecule has 182 valence electrons. The Morgan fingerprint density at radius 3 is 2.23 bits per heavy atom. The molecule has 10 nitrogen and oxygen atoms in total. The van der Waals surface area contributed by atoms with E-state index in [2.05, 4.69) is 5.10 Å². The predicted octanol–water partition coefficient (Wildman–Crippen LogP) is 2.44. The van der Waals surface area contributed by atoms with E-state index >= 15 is 0 Å². The molecule has 0 atom stereocenters. The Morgan fingerprint density at radius 2 is 1.69 bits per heavy atom. The van der Waals surface area contributed by atoms with Gasteiger partial charge in [-0.05, 0) is 29.3 Å². The fraction of sp³-hybridized carbons (Fsp3) is 0.208. The number of carboxylic acids is 2. The zero-order chi connectivity index (χ0) is 25.9. The van der Waals surface area contributed by atoms with Crippen molar-refractivity contribution < 1.29 is 34.1 Å². The van der Waals surface area contributed by atoms with Crippen LogP contribution in [-0.2, 0) is 11.3 Å². The molecule has 0 bridgehead atoms. The van der Waals surface area contributed by atoms with Crippen molar-refractivity contribution in [3.63, 3.8) is 0 Å². The Bertz CT molecular complexity index is 1360. The fourth-order valence-corrected chi connectivity index (χ4v) is 3.35. The van der Waals surface area contributed by atoms with Gasteiger partial charge in [-0.2, -0.15) is 5.10 Å². The summed E-state index contributed by atoms with van der Waals surface area (Å²) in [5.41, 5.74) is -0.454. The van der Waals surface area contributed by atoms with Gasteiger partial charge in [0.1, 0.15) is 23.6 Å². The minimum absolute atomic E-state index is 0.0145. The molecule has 0 spiro atoms. The lowest BCUT2D eigenvalue weighted by molar-refractivity contribution is -0.135. The number of aliphatic carboxylic acids is 1. The average Bonchev–Trinajstić information content (AvgIpc) is 2.80. The van der Waals surface area contributed by atoms with Crippen LogP contribution in [0.25, 0.3) is 11.1 Å². The van der Waals surface area contributed by atoms with Crippen LogP contribution >= 0.6 is 0 Å². The van der Waals surface area contributed by atoms with Crippen LogP contribution in [0.5, 0.6) is 5.75 Å². The molecule has 0 aliphatic heterocycles.